The first kappa shape index (κ1) is 87.1. The Labute approximate surface area is 671 Å². The van der Waals surface area contributed by atoms with Gasteiger partial charge in [0, 0.05) is 53.1 Å². The van der Waals surface area contributed by atoms with Gasteiger partial charge in [-0.05, 0) is 69.3 Å². The summed E-state index contributed by atoms with van der Waals surface area (Å²) < 4.78 is 66.5. The fourth-order valence-corrected chi connectivity index (χ4v) is 13.0. The molecule has 45 nitrogen and oxygen atoms in total. The van der Waals surface area contributed by atoms with Crippen LogP contribution in [0.5, 0.6) is 121 Å². The van der Waals surface area contributed by atoms with Gasteiger partial charge in [0.25, 0.3) is 0 Å². The van der Waals surface area contributed by atoms with Gasteiger partial charge in [0.15, 0.2) is 98.7 Å². The van der Waals surface area contributed by atoms with Crippen molar-refractivity contribution in [3.05, 3.63) is 121 Å². The number of benzene rings is 7. The molecule has 0 amide bonds. The first-order valence-corrected chi connectivity index (χ1v) is 35.4. The lowest BCUT2D eigenvalue weighted by Crippen LogP contribution is -2.61. The van der Waals surface area contributed by atoms with Crippen LogP contribution in [0.2, 0.25) is 0 Å². The summed E-state index contributed by atoms with van der Waals surface area (Å²) in [6.45, 7) is 3.48. The number of rotatable bonds is 14. The maximum Gasteiger partial charge on any atom is 0.339 e. The smallest absolute Gasteiger partial charge is 0.339 e. The molecule has 14 rings (SSSR count). The Morgan fingerprint density at radius 3 is 0.942 bits per heavy atom. The van der Waals surface area contributed by atoms with E-state index in [-0.39, 0.29) is 33.4 Å². The molecule has 4 aliphatic heterocycles. The third-order valence-corrected chi connectivity index (χ3v) is 19.5. The largest absolute Gasteiger partial charge is 0.508 e. The quantitative estimate of drug-likeness (QED) is 0.0477. The summed E-state index contributed by atoms with van der Waals surface area (Å²) >= 11 is 0. The van der Waals surface area contributed by atoms with E-state index in [2.05, 4.69) is 0 Å². The molecule has 0 bridgehead atoms. The maximum absolute atomic E-state index is 13.7. The molecule has 0 radical (unpaired) electrons. The van der Waals surface area contributed by atoms with Crippen LogP contribution < -0.4 is 30.5 Å². The standard InChI is InChI=1S/C28H24O16.C27H30O17.C21H20O12/c1-8-19(35)23(39)26(43-27(40)10-4-15(33)21(37)16(34)5-10)28(41-8)44-25-22(38)18-12(30)6-11(29)7-17(18)42-24(25)9-2-13(31)20(36)14(32)3-9;1-7-16(32)20(36)22(38)26(41-7)40-6-14-18(34)21(37)23(39)27(43-14)44-25-19(35)15-10(29)4-9(28)5-13(15)42-24(25)8-2-11(30)17(33)12(31)3-8;1-6-14(26)17(29)18(30)21(31-6)33-20-16(28)13-9(23)4-8(22)5-12(13)32-19(20)7-2-10(24)15(27)11(25)3-7/h2-8,19,23,26,28-37,39H,1H3;2-5,7,14,16,18,20-23,26-34,36-39H,6H2,1H3;2-6,14,17-18,21-27,29-30H,1H3/t;7?,14?,16-,18-,20?,21?,22-,23+,26+,27+;/m.0./s1. The molecule has 10 aromatic rings. The highest BCUT2D eigenvalue weighted by molar-refractivity contribution is 5.93. The van der Waals surface area contributed by atoms with E-state index in [1.54, 1.807) is 0 Å². The summed E-state index contributed by atoms with van der Waals surface area (Å²) in [4.78, 5) is 53.5. The zero-order chi connectivity index (χ0) is 88.6. The van der Waals surface area contributed by atoms with Crippen LogP contribution >= 0.6 is 0 Å². The van der Waals surface area contributed by atoms with Crippen molar-refractivity contribution >= 4 is 38.9 Å². The van der Waals surface area contributed by atoms with Gasteiger partial charge in [-0.15, -0.1) is 0 Å². The normalized spacial score (nSPS) is 26.6. The first-order valence-electron chi connectivity index (χ1n) is 35.4. The highest BCUT2D eigenvalue weighted by atomic mass is 16.7. The Kier molecular flexibility index (Phi) is 24.4. The number of carbonyl (C=O) groups is 1. The highest BCUT2D eigenvalue weighted by Crippen LogP contribution is 2.48. The van der Waals surface area contributed by atoms with Crippen LogP contribution in [0, 0.1) is 0 Å². The lowest BCUT2D eigenvalue weighted by molar-refractivity contribution is -0.318. The fourth-order valence-electron chi connectivity index (χ4n) is 13.0. The third kappa shape index (κ3) is 16.9. The van der Waals surface area contributed by atoms with Crippen molar-refractivity contribution in [1.82, 2.24) is 0 Å². The number of aromatic hydroxyl groups is 18. The monoisotopic (exact) mass is 1710 g/mol. The van der Waals surface area contributed by atoms with E-state index in [0.29, 0.717) is 0 Å². The van der Waals surface area contributed by atoms with E-state index in [1.807, 2.05) is 0 Å². The van der Waals surface area contributed by atoms with Gasteiger partial charge in [-0.25, -0.2) is 4.79 Å². The minimum Gasteiger partial charge on any atom is -0.508 e. The molecule has 648 valence electrons. The van der Waals surface area contributed by atoms with Crippen molar-refractivity contribution in [2.45, 2.75) is 144 Å². The lowest BCUT2D eigenvalue weighted by atomic mass is 9.98. The summed E-state index contributed by atoms with van der Waals surface area (Å²) in [5.41, 5.74) is -5.47. The van der Waals surface area contributed by atoms with Crippen LogP contribution in [0.3, 0.4) is 0 Å². The molecule has 0 aliphatic carbocycles. The van der Waals surface area contributed by atoms with Crippen LogP contribution in [0.25, 0.3) is 66.9 Å². The predicted octanol–water partition coefficient (Wildman–Crippen LogP) is -0.611. The Bertz CT molecular complexity index is 5730. The molecule has 29 N–H and O–H groups in total. The number of aliphatic hydroxyl groups excluding tert-OH is 11. The molecule has 14 unspecified atom stereocenters. The number of hydrogen-bond donors (Lipinski definition) is 29. The van der Waals surface area contributed by atoms with Gasteiger partial charge < -0.3 is 204 Å². The van der Waals surface area contributed by atoms with Crippen molar-refractivity contribution in [3.63, 3.8) is 0 Å². The van der Waals surface area contributed by atoms with E-state index in [0.717, 1.165) is 84.9 Å². The van der Waals surface area contributed by atoms with Crippen molar-refractivity contribution in [1.29, 1.82) is 0 Å². The minimum absolute atomic E-state index is 0.168. The summed E-state index contributed by atoms with van der Waals surface area (Å²) in [5.74, 6) is -18.9. The molecule has 3 aromatic heterocycles. The second-order valence-corrected chi connectivity index (χ2v) is 27.9. The van der Waals surface area contributed by atoms with Crippen LogP contribution in [0.1, 0.15) is 31.1 Å². The highest BCUT2D eigenvalue weighted by Gasteiger charge is 2.51. The Morgan fingerprint density at radius 1 is 0.314 bits per heavy atom. The molecular formula is C76H74O45. The summed E-state index contributed by atoms with van der Waals surface area (Å²) in [6, 6.07) is 12.4. The van der Waals surface area contributed by atoms with Gasteiger partial charge in [0.1, 0.15) is 141 Å². The second-order valence-electron chi connectivity index (χ2n) is 27.9. The Balaban J connectivity index is 0.000000168. The molecule has 4 fully saturated rings. The van der Waals surface area contributed by atoms with Gasteiger partial charge in [0.05, 0.1) is 30.5 Å². The molecule has 7 heterocycles. The Hall–Kier alpha value is -13.2. The van der Waals surface area contributed by atoms with E-state index < -0.39 is 311 Å². The van der Waals surface area contributed by atoms with E-state index in [9.17, 15) is 167 Å². The van der Waals surface area contributed by atoms with Gasteiger partial charge in [-0.1, -0.05) is 0 Å². The fraction of sp³-hybridized carbons (Fsp3) is 0.316. The molecule has 0 saturated carbocycles. The van der Waals surface area contributed by atoms with Gasteiger partial charge in [0.2, 0.25) is 52.4 Å². The Morgan fingerprint density at radius 2 is 0.595 bits per heavy atom. The average Bonchev–Trinajstić information content (AvgIpc) is 0.755. The van der Waals surface area contributed by atoms with Crippen LogP contribution in [-0.2, 0) is 28.4 Å². The SMILES string of the molecule is CC1OC(Oc2c(-c3cc(O)c(O)c(O)c3)oc3cc(O)cc(O)c3c2=O)C(O)C(O)C1O.CC1OC(Oc2c(-c3cc(O)c(O)c(O)c3)oc3cc(O)cc(O)c3c2=O)C(OC(=O)c2cc(O)c(O)c(O)c2)C(O)C1O.CC1O[C@@H](OCC2O[C@H](Oc3c(-c4cc(O)c(O)c(O)c4)oc4cc(O)cc(O)c4c3=O)[C@H](O)C(O)[C@H]2O)[C@@H](O)C(O)[C@H]1O. The zero-order valence-electron chi connectivity index (χ0n) is 61.8. The minimum atomic E-state index is -2.02. The zero-order valence-corrected chi connectivity index (χ0v) is 61.8. The van der Waals surface area contributed by atoms with Crippen LogP contribution in [-0.4, -0.2) is 283 Å². The molecule has 0 spiro atoms. The molecule has 7 aromatic carbocycles. The molecule has 4 saturated heterocycles. The molecule has 20 atom stereocenters. The second kappa shape index (κ2) is 33.9. The van der Waals surface area contributed by atoms with E-state index >= 15 is 0 Å². The number of carbonyl (C=O) groups excluding carboxylic acids is 1. The number of ether oxygens (including phenoxy) is 9. The number of phenols is 18. The number of fused-ring (bicyclic) bond motifs is 3. The van der Waals surface area contributed by atoms with Gasteiger partial charge >= 0.3 is 5.97 Å². The topological polar surface area (TPSA) is 777 Å². The molecule has 45 heteroatoms. The number of aliphatic hydroxyl groups is 11. The predicted molar refractivity (Wildman–Crippen MR) is 395 cm³/mol. The van der Waals surface area contributed by atoms with Crippen LogP contribution in [0.4, 0.5) is 0 Å². The number of hydrogen-bond acceptors (Lipinski definition) is 45. The third-order valence-electron chi connectivity index (χ3n) is 19.5. The van der Waals surface area contributed by atoms with Gasteiger partial charge in [-0.2, -0.15) is 0 Å². The maximum atomic E-state index is 13.7. The van der Waals surface area contributed by atoms with Gasteiger partial charge in [-0.3, -0.25) is 14.4 Å². The first-order chi connectivity index (χ1) is 56.8. The van der Waals surface area contributed by atoms with Crippen molar-refractivity contribution in [2.75, 3.05) is 6.61 Å². The van der Waals surface area contributed by atoms with Crippen molar-refractivity contribution < 1.29 is 209 Å². The molecule has 121 heavy (non-hydrogen) atoms. The molecular weight excluding hydrogens is 1630 g/mol. The molecule has 4 aliphatic rings. The summed E-state index contributed by atoms with van der Waals surface area (Å²) in [7, 11) is 0. The summed E-state index contributed by atoms with van der Waals surface area (Å²) in [5, 5.41) is 291. The lowest BCUT2D eigenvalue weighted by Gasteiger charge is -2.42. The number of esters is 1. The van der Waals surface area contributed by atoms with Crippen LogP contribution in [0.15, 0.2) is 113 Å². The summed E-state index contributed by atoms with van der Waals surface area (Å²) in [6.07, 6.45) is -32.7. The average molecular weight is 1710 g/mol. The van der Waals surface area contributed by atoms with E-state index in [1.165, 1.54) is 20.8 Å². The van der Waals surface area contributed by atoms with Crippen molar-refractivity contribution in [3.8, 4) is 155 Å². The van der Waals surface area contributed by atoms with E-state index in [4.69, 9.17) is 55.9 Å². The van der Waals surface area contributed by atoms with Crippen molar-refractivity contribution in [2.24, 2.45) is 0 Å². The number of phenolic OH excluding ortho intramolecular Hbond substituents is 18.